The molecule has 0 bridgehead atoms. The summed E-state index contributed by atoms with van der Waals surface area (Å²) < 4.78 is 5.41. The first-order valence-corrected chi connectivity index (χ1v) is 6.51. The number of ether oxygens (including phenoxy) is 1. The predicted octanol–water partition coefficient (Wildman–Crippen LogP) is 1.97. The number of amides is 1. The minimum Gasteiger partial charge on any atom is -0.399 e. The first kappa shape index (κ1) is 13.6. The Morgan fingerprint density at radius 3 is 2.79 bits per heavy atom. The molecule has 0 aliphatic carbocycles. The summed E-state index contributed by atoms with van der Waals surface area (Å²) >= 11 is 0. The molecule has 1 fully saturated rings. The minimum absolute atomic E-state index is 0.0928. The van der Waals surface area contributed by atoms with Crippen LogP contribution in [-0.4, -0.2) is 24.7 Å². The van der Waals surface area contributed by atoms with E-state index >= 15 is 0 Å². The molecular formula is C15H20N2O2. The van der Waals surface area contributed by atoms with Gasteiger partial charge < -0.3 is 15.8 Å². The second kappa shape index (κ2) is 5.89. The van der Waals surface area contributed by atoms with Crippen molar-refractivity contribution in [1.82, 2.24) is 5.32 Å². The van der Waals surface area contributed by atoms with Gasteiger partial charge in [0.15, 0.2) is 0 Å². The SMILES string of the molecule is CC1(NC(=O)/C=C/c2ccc(N)cc2)CCCOC1. The van der Waals surface area contributed by atoms with Crippen molar-refractivity contribution < 1.29 is 9.53 Å². The number of rotatable bonds is 3. The molecule has 1 unspecified atom stereocenters. The van der Waals surface area contributed by atoms with Crippen molar-refractivity contribution >= 4 is 17.7 Å². The summed E-state index contributed by atoms with van der Waals surface area (Å²) in [6.45, 7) is 3.38. The monoisotopic (exact) mass is 260 g/mol. The van der Waals surface area contributed by atoms with Gasteiger partial charge in [0.2, 0.25) is 5.91 Å². The molecule has 2 rings (SSSR count). The van der Waals surface area contributed by atoms with E-state index in [2.05, 4.69) is 5.32 Å². The highest BCUT2D eigenvalue weighted by Crippen LogP contribution is 2.18. The van der Waals surface area contributed by atoms with E-state index in [0.29, 0.717) is 12.3 Å². The summed E-state index contributed by atoms with van der Waals surface area (Å²) in [5.41, 5.74) is 7.03. The van der Waals surface area contributed by atoms with Crippen LogP contribution in [0.25, 0.3) is 6.08 Å². The van der Waals surface area contributed by atoms with E-state index in [4.69, 9.17) is 10.5 Å². The molecule has 4 heteroatoms. The van der Waals surface area contributed by atoms with E-state index in [0.717, 1.165) is 25.0 Å². The molecule has 0 spiro atoms. The van der Waals surface area contributed by atoms with Crippen molar-refractivity contribution in [2.75, 3.05) is 18.9 Å². The van der Waals surface area contributed by atoms with Crippen molar-refractivity contribution in [3.05, 3.63) is 35.9 Å². The number of hydrogen-bond acceptors (Lipinski definition) is 3. The van der Waals surface area contributed by atoms with Gasteiger partial charge in [0, 0.05) is 18.4 Å². The quantitative estimate of drug-likeness (QED) is 0.645. The molecule has 1 aromatic rings. The Labute approximate surface area is 113 Å². The summed E-state index contributed by atoms with van der Waals surface area (Å²) in [6.07, 6.45) is 5.26. The van der Waals surface area contributed by atoms with Gasteiger partial charge in [-0.25, -0.2) is 0 Å². The van der Waals surface area contributed by atoms with E-state index in [1.807, 2.05) is 31.2 Å². The normalized spacial score (nSPS) is 23.4. The number of carbonyl (C=O) groups excluding carboxylic acids is 1. The van der Waals surface area contributed by atoms with E-state index < -0.39 is 0 Å². The van der Waals surface area contributed by atoms with Crippen LogP contribution in [0.3, 0.4) is 0 Å². The Bertz CT molecular complexity index is 460. The molecule has 1 aliphatic heterocycles. The average molecular weight is 260 g/mol. The number of nitrogens with one attached hydrogen (secondary N) is 1. The largest absolute Gasteiger partial charge is 0.399 e. The van der Waals surface area contributed by atoms with E-state index in [-0.39, 0.29) is 11.4 Å². The molecule has 1 aliphatic rings. The van der Waals surface area contributed by atoms with E-state index in [1.165, 1.54) is 0 Å². The van der Waals surface area contributed by atoms with Crippen molar-refractivity contribution in [2.45, 2.75) is 25.3 Å². The zero-order valence-corrected chi connectivity index (χ0v) is 11.2. The number of nitrogen functional groups attached to an aromatic ring is 1. The molecule has 1 saturated heterocycles. The highest BCUT2D eigenvalue weighted by Gasteiger charge is 2.28. The zero-order valence-electron chi connectivity index (χ0n) is 11.2. The fraction of sp³-hybridized carbons (Fsp3) is 0.400. The van der Waals surface area contributed by atoms with Crippen LogP contribution in [0.15, 0.2) is 30.3 Å². The molecule has 4 nitrogen and oxygen atoms in total. The molecule has 0 aromatic heterocycles. The van der Waals surface area contributed by atoms with Crippen molar-refractivity contribution in [3.63, 3.8) is 0 Å². The lowest BCUT2D eigenvalue weighted by Gasteiger charge is -2.33. The van der Waals surface area contributed by atoms with Gasteiger partial charge in [0.1, 0.15) is 0 Å². The van der Waals surface area contributed by atoms with Crippen molar-refractivity contribution in [3.8, 4) is 0 Å². The third-order valence-corrected chi connectivity index (χ3v) is 3.23. The predicted molar refractivity (Wildman–Crippen MR) is 76.5 cm³/mol. The van der Waals surface area contributed by atoms with Crippen LogP contribution in [0.1, 0.15) is 25.3 Å². The summed E-state index contributed by atoms with van der Waals surface area (Å²) in [6, 6.07) is 7.39. The maximum atomic E-state index is 11.9. The van der Waals surface area contributed by atoms with Crippen molar-refractivity contribution in [2.24, 2.45) is 0 Å². The van der Waals surface area contributed by atoms with Crippen LogP contribution in [0.5, 0.6) is 0 Å². The fourth-order valence-corrected chi connectivity index (χ4v) is 2.15. The molecule has 1 heterocycles. The van der Waals surface area contributed by atoms with Gasteiger partial charge in [0.25, 0.3) is 0 Å². The van der Waals surface area contributed by atoms with Gasteiger partial charge >= 0.3 is 0 Å². The van der Waals surface area contributed by atoms with Gasteiger partial charge in [0.05, 0.1) is 12.1 Å². The van der Waals surface area contributed by atoms with Gasteiger partial charge in [-0.15, -0.1) is 0 Å². The summed E-state index contributed by atoms with van der Waals surface area (Å²) in [5, 5.41) is 3.00. The van der Waals surface area contributed by atoms with Crippen LogP contribution >= 0.6 is 0 Å². The lowest BCUT2D eigenvalue weighted by Crippen LogP contribution is -2.51. The molecule has 1 aromatic carbocycles. The average Bonchev–Trinajstić information content (AvgIpc) is 2.38. The second-order valence-electron chi connectivity index (χ2n) is 5.21. The van der Waals surface area contributed by atoms with Crippen LogP contribution in [-0.2, 0) is 9.53 Å². The summed E-state index contributed by atoms with van der Waals surface area (Å²) in [5.74, 6) is -0.0928. The maximum Gasteiger partial charge on any atom is 0.244 e. The van der Waals surface area contributed by atoms with Crippen LogP contribution in [0.4, 0.5) is 5.69 Å². The smallest absolute Gasteiger partial charge is 0.244 e. The number of benzene rings is 1. The molecule has 0 radical (unpaired) electrons. The van der Waals surface area contributed by atoms with Gasteiger partial charge in [-0.3, -0.25) is 4.79 Å². The van der Waals surface area contributed by atoms with Gasteiger partial charge in [-0.05, 0) is 43.5 Å². The second-order valence-corrected chi connectivity index (χ2v) is 5.21. The first-order chi connectivity index (χ1) is 9.07. The third-order valence-electron chi connectivity index (χ3n) is 3.23. The Balaban J connectivity index is 1.91. The third kappa shape index (κ3) is 4.10. The highest BCUT2D eigenvalue weighted by atomic mass is 16.5. The lowest BCUT2D eigenvalue weighted by atomic mass is 9.95. The summed E-state index contributed by atoms with van der Waals surface area (Å²) in [4.78, 5) is 11.9. The molecule has 102 valence electrons. The number of anilines is 1. The van der Waals surface area contributed by atoms with Gasteiger partial charge in [-0.1, -0.05) is 12.1 Å². The first-order valence-electron chi connectivity index (χ1n) is 6.51. The Morgan fingerprint density at radius 1 is 1.42 bits per heavy atom. The van der Waals surface area contributed by atoms with E-state index in [1.54, 1.807) is 12.2 Å². The number of hydrogen-bond donors (Lipinski definition) is 2. The highest BCUT2D eigenvalue weighted by molar-refractivity contribution is 5.92. The Morgan fingerprint density at radius 2 is 2.16 bits per heavy atom. The topological polar surface area (TPSA) is 64.4 Å². The zero-order chi connectivity index (χ0) is 13.7. The Hall–Kier alpha value is -1.81. The molecule has 1 atom stereocenters. The standard InChI is InChI=1S/C15H20N2O2/c1-15(9-2-10-19-11-15)17-14(18)8-5-12-3-6-13(16)7-4-12/h3-8H,2,9-11,16H2,1H3,(H,17,18)/b8-5+. The van der Waals surface area contributed by atoms with Crippen LogP contribution in [0, 0.1) is 0 Å². The van der Waals surface area contributed by atoms with E-state index in [9.17, 15) is 4.79 Å². The fourth-order valence-electron chi connectivity index (χ4n) is 2.15. The number of nitrogens with two attached hydrogens (primary N) is 1. The molecular weight excluding hydrogens is 240 g/mol. The maximum absolute atomic E-state index is 11.9. The molecule has 19 heavy (non-hydrogen) atoms. The van der Waals surface area contributed by atoms with Crippen LogP contribution in [0.2, 0.25) is 0 Å². The minimum atomic E-state index is -0.249. The van der Waals surface area contributed by atoms with Gasteiger partial charge in [-0.2, -0.15) is 0 Å². The van der Waals surface area contributed by atoms with Crippen LogP contribution < -0.4 is 11.1 Å². The molecule has 3 N–H and O–H groups in total. The van der Waals surface area contributed by atoms with Crippen molar-refractivity contribution in [1.29, 1.82) is 0 Å². The Kier molecular flexibility index (Phi) is 4.22. The molecule has 1 amide bonds. The number of carbonyl (C=O) groups is 1. The summed E-state index contributed by atoms with van der Waals surface area (Å²) in [7, 11) is 0. The lowest BCUT2D eigenvalue weighted by molar-refractivity contribution is -0.119. The molecule has 0 saturated carbocycles.